The summed E-state index contributed by atoms with van der Waals surface area (Å²) >= 11 is 0. The smallest absolute Gasteiger partial charge is 0.244 e. The van der Waals surface area contributed by atoms with Crippen LogP contribution in [0.5, 0.6) is 0 Å². The van der Waals surface area contributed by atoms with Crippen LogP contribution >= 0.6 is 0 Å². The van der Waals surface area contributed by atoms with Gasteiger partial charge < -0.3 is 15.6 Å². The number of anilines is 1. The fraction of sp³-hybridized carbons (Fsp3) is 0.179. The molecule has 0 saturated heterocycles. The van der Waals surface area contributed by atoms with Crippen LogP contribution in [0.25, 0.3) is 23.0 Å². The van der Waals surface area contributed by atoms with E-state index < -0.39 is 6.04 Å². The molecule has 3 aromatic heterocycles. The van der Waals surface area contributed by atoms with Crippen molar-refractivity contribution < 1.29 is 9.59 Å². The lowest BCUT2D eigenvalue weighted by molar-refractivity contribution is -0.117. The second-order valence-corrected chi connectivity index (χ2v) is 9.30. The predicted octanol–water partition coefficient (Wildman–Crippen LogP) is 3.08. The molecule has 3 N–H and O–H groups in total. The maximum absolute atomic E-state index is 13.2. The summed E-state index contributed by atoms with van der Waals surface area (Å²) < 4.78 is 3.33. The third-order valence-electron chi connectivity index (χ3n) is 6.46. The van der Waals surface area contributed by atoms with Crippen LogP contribution in [-0.4, -0.2) is 52.3 Å². The molecule has 2 aromatic carbocycles. The zero-order valence-electron chi connectivity index (χ0n) is 22.2. The summed E-state index contributed by atoms with van der Waals surface area (Å²) in [4.78, 5) is 32.2. The first kappa shape index (κ1) is 26.2. The van der Waals surface area contributed by atoms with E-state index in [4.69, 9.17) is 4.98 Å². The molecule has 0 aliphatic rings. The quantitative estimate of drug-likeness (QED) is 0.183. The largest absolute Gasteiger partial charge is 0.344 e. The molecule has 0 bridgehead atoms. The Morgan fingerprint density at radius 1 is 1.12 bits per heavy atom. The second kappa shape index (κ2) is 11.6. The number of hydrogen-bond donors (Lipinski definition) is 3. The van der Waals surface area contributed by atoms with Crippen LogP contribution in [0.1, 0.15) is 34.4 Å². The van der Waals surface area contributed by atoms with E-state index in [1.54, 1.807) is 21.6 Å². The molecule has 0 aliphatic carbocycles. The number of aromatic nitrogens is 8. The Kier molecular flexibility index (Phi) is 7.58. The number of aryl methyl sites for hydroxylation is 3. The van der Waals surface area contributed by atoms with Crippen molar-refractivity contribution in [2.75, 3.05) is 5.32 Å². The van der Waals surface area contributed by atoms with Gasteiger partial charge in [0, 0.05) is 53.9 Å². The minimum absolute atomic E-state index is 0.281. The molecule has 3 heterocycles. The summed E-state index contributed by atoms with van der Waals surface area (Å²) in [6.07, 6.45) is 7.58. The number of hydrogen-bond acceptors (Lipinski definition) is 7. The number of carbonyl (C=O) groups excluding carboxylic acids is 2. The van der Waals surface area contributed by atoms with Gasteiger partial charge in [0.1, 0.15) is 12.2 Å². The van der Waals surface area contributed by atoms with Crippen molar-refractivity contribution in [3.63, 3.8) is 0 Å². The number of amides is 2. The Bertz CT molecular complexity index is 1650. The second-order valence-electron chi connectivity index (χ2n) is 9.30. The van der Waals surface area contributed by atoms with Crippen LogP contribution in [0.15, 0.2) is 67.1 Å². The highest BCUT2D eigenvalue weighted by molar-refractivity contribution is 5.92. The Balaban J connectivity index is 1.41. The summed E-state index contributed by atoms with van der Waals surface area (Å²) in [7, 11) is 1.86. The molecule has 0 radical (unpaired) electrons. The number of rotatable bonds is 10. The number of benzene rings is 2. The molecule has 5 rings (SSSR count). The fourth-order valence-corrected chi connectivity index (χ4v) is 4.42. The van der Waals surface area contributed by atoms with Crippen LogP contribution in [0.4, 0.5) is 5.69 Å². The molecule has 0 saturated carbocycles. The lowest BCUT2D eigenvalue weighted by Crippen LogP contribution is -2.30. The van der Waals surface area contributed by atoms with Gasteiger partial charge in [0.25, 0.3) is 0 Å². The number of carbonyl (C=O) groups is 2. The van der Waals surface area contributed by atoms with Crippen LogP contribution in [-0.2, 0) is 23.1 Å². The fourth-order valence-electron chi connectivity index (χ4n) is 4.42. The van der Waals surface area contributed by atoms with Gasteiger partial charge in [-0.15, -0.1) is 5.10 Å². The first-order valence-corrected chi connectivity index (χ1v) is 12.6. The standard InChI is InChI=1S/C28H28N10O2/c1-18-4-10-25(38-16-30-35-36-38)21(14-18)7-11-26(40)33-24(15-23-12-13-31-37(23)3)28-32-19(2)27(34-28)20-5-8-22(9-6-20)29-17-39/h4-14,16-17,24H,15H2,1-3H3,(H,29,39)(H,32,34)(H,33,40)/b11-7+. The van der Waals surface area contributed by atoms with E-state index in [1.165, 1.54) is 12.4 Å². The number of nitrogens with zero attached hydrogens (tertiary/aromatic N) is 7. The van der Waals surface area contributed by atoms with Crippen molar-refractivity contribution in [1.82, 2.24) is 45.3 Å². The van der Waals surface area contributed by atoms with Crippen LogP contribution in [0.3, 0.4) is 0 Å². The van der Waals surface area contributed by atoms with Gasteiger partial charge in [0.05, 0.1) is 17.4 Å². The lowest BCUT2D eigenvalue weighted by Gasteiger charge is -2.16. The molecule has 12 nitrogen and oxygen atoms in total. The van der Waals surface area contributed by atoms with Crippen molar-refractivity contribution in [3.05, 3.63) is 95.5 Å². The van der Waals surface area contributed by atoms with Gasteiger partial charge in [0.15, 0.2) is 0 Å². The Morgan fingerprint density at radius 2 is 1.95 bits per heavy atom. The molecule has 12 heteroatoms. The topological polar surface area (TPSA) is 148 Å². The molecule has 202 valence electrons. The average molecular weight is 537 g/mol. The summed E-state index contributed by atoms with van der Waals surface area (Å²) in [5, 5.41) is 21.4. The first-order valence-electron chi connectivity index (χ1n) is 12.6. The van der Waals surface area contributed by atoms with Crippen LogP contribution in [0, 0.1) is 13.8 Å². The number of nitrogens with one attached hydrogen (secondary N) is 3. The molecule has 0 spiro atoms. The van der Waals surface area contributed by atoms with Gasteiger partial charge in [-0.2, -0.15) is 9.78 Å². The van der Waals surface area contributed by atoms with Gasteiger partial charge in [-0.05, 0) is 60.7 Å². The normalized spacial score (nSPS) is 12.0. The predicted molar refractivity (Wildman–Crippen MR) is 149 cm³/mol. The molecule has 1 unspecified atom stereocenters. The van der Waals surface area contributed by atoms with Crippen LogP contribution in [0.2, 0.25) is 0 Å². The van der Waals surface area contributed by atoms with Gasteiger partial charge in [-0.1, -0.05) is 23.8 Å². The lowest BCUT2D eigenvalue weighted by atomic mass is 10.1. The number of tetrazole rings is 1. The van der Waals surface area contributed by atoms with Crippen molar-refractivity contribution in [1.29, 1.82) is 0 Å². The Hall–Kier alpha value is -5.39. The molecule has 0 fully saturated rings. The molecular formula is C28H28N10O2. The maximum atomic E-state index is 13.2. The number of imidazole rings is 1. The summed E-state index contributed by atoms with van der Waals surface area (Å²) in [6, 6.07) is 14.7. The van der Waals surface area contributed by atoms with E-state index >= 15 is 0 Å². The van der Waals surface area contributed by atoms with Crippen molar-refractivity contribution in [2.24, 2.45) is 7.05 Å². The highest BCUT2D eigenvalue weighted by Gasteiger charge is 2.21. The zero-order chi connectivity index (χ0) is 28.1. The minimum atomic E-state index is -0.451. The number of H-pyrrole nitrogens is 1. The molecule has 1 atom stereocenters. The molecule has 0 aliphatic heterocycles. The van der Waals surface area contributed by atoms with Gasteiger partial charge in [-0.3, -0.25) is 14.3 Å². The third-order valence-corrected chi connectivity index (χ3v) is 6.46. The van der Waals surface area contributed by atoms with E-state index in [1.807, 2.05) is 69.4 Å². The monoisotopic (exact) mass is 536 g/mol. The van der Waals surface area contributed by atoms with E-state index in [0.717, 1.165) is 39.5 Å². The van der Waals surface area contributed by atoms with Crippen molar-refractivity contribution in [2.45, 2.75) is 26.3 Å². The van der Waals surface area contributed by atoms with Crippen molar-refractivity contribution >= 4 is 24.1 Å². The summed E-state index contributed by atoms with van der Waals surface area (Å²) in [5.74, 6) is 0.340. The maximum Gasteiger partial charge on any atom is 0.244 e. The summed E-state index contributed by atoms with van der Waals surface area (Å²) in [5.41, 5.74) is 6.73. The van der Waals surface area contributed by atoms with Crippen molar-refractivity contribution in [3.8, 4) is 16.9 Å². The van der Waals surface area contributed by atoms with E-state index in [9.17, 15) is 9.59 Å². The highest BCUT2D eigenvalue weighted by atomic mass is 16.1. The Morgan fingerprint density at radius 3 is 2.65 bits per heavy atom. The molecule has 2 amide bonds. The third kappa shape index (κ3) is 5.85. The zero-order valence-corrected chi connectivity index (χ0v) is 22.2. The SMILES string of the molecule is Cc1ccc(-n2cnnn2)c(/C=C/C(=O)NC(Cc2ccnn2C)c2nc(-c3ccc(NC=O)cc3)c(C)[nH]2)c1. The van der Waals surface area contributed by atoms with E-state index in [0.29, 0.717) is 24.3 Å². The highest BCUT2D eigenvalue weighted by Crippen LogP contribution is 2.26. The van der Waals surface area contributed by atoms with E-state index in [2.05, 4.69) is 36.2 Å². The molecule has 5 aromatic rings. The van der Waals surface area contributed by atoms with Gasteiger partial charge in [0.2, 0.25) is 12.3 Å². The van der Waals surface area contributed by atoms with Crippen LogP contribution < -0.4 is 10.6 Å². The minimum Gasteiger partial charge on any atom is -0.344 e. The Labute approximate surface area is 230 Å². The number of aromatic amines is 1. The van der Waals surface area contributed by atoms with Gasteiger partial charge in [-0.25, -0.2) is 4.98 Å². The average Bonchev–Trinajstić information content (AvgIpc) is 3.70. The van der Waals surface area contributed by atoms with Gasteiger partial charge >= 0.3 is 0 Å². The molecule has 40 heavy (non-hydrogen) atoms. The summed E-state index contributed by atoms with van der Waals surface area (Å²) in [6.45, 7) is 3.92. The first-order chi connectivity index (χ1) is 19.4. The van der Waals surface area contributed by atoms with E-state index in [-0.39, 0.29) is 5.91 Å². The molecular weight excluding hydrogens is 508 g/mol.